The van der Waals surface area contributed by atoms with Gasteiger partial charge in [-0.3, -0.25) is 0 Å². The van der Waals surface area contributed by atoms with E-state index in [-0.39, 0.29) is 27.8 Å². The molecule has 0 bridgehead atoms. The van der Waals surface area contributed by atoms with Gasteiger partial charge in [0.25, 0.3) is 0 Å². The van der Waals surface area contributed by atoms with Crippen molar-refractivity contribution in [2.45, 2.75) is 26.2 Å². The largest absolute Gasteiger partial charge is 0.508 e. The van der Waals surface area contributed by atoms with Crippen LogP contribution in [0, 0.1) is 0 Å². The van der Waals surface area contributed by atoms with Gasteiger partial charge in [-0.1, -0.05) is 39.0 Å². The Morgan fingerprint density at radius 2 is 1.58 bits per heavy atom. The summed E-state index contributed by atoms with van der Waals surface area (Å²) in [6, 6.07) is 7.46. The van der Waals surface area contributed by atoms with Crippen molar-refractivity contribution in [1.29, 1.82) is 0 Å². The molecular formula is C10H14AgO. The minimum absolute atomic E-state index is 0. The maximum absolute atomic E-state index is 9.45. The zero-order chi connectivity index (χ0) is 8.48. The Morgan fingerprint density at radius 3 is 1.92 bits per heavy atom. The van der Waals surface area contributed by atoms with Crippen LogP contribution < -0.4 is 0 Å². The number of hydrogen-bond donors (Lipinski definition) is 1. The molecule has 0 aliphatic carbocycles. The maximum Gasteiger partial charge on any atom is 0.119 e. The smallest absolute Gasteiger partial charge is 0.119 e. The second-order valence-electron chi connectivity index (χ2n) is 3.77. The molecule has 0 atom stereocenters. The standard InChI is InChI=1S/C10H14O.Ag/c1-10(2,3)8-6-4-5-7-9(8)11;/h4-7,11H,1-3H3;. The number of phenols is 1. The SMILES string of the molecule is CC(C)(C)c1ccccc1O.[Ag]. The fourth-order valence-corrected chi connectivity index (χ4v) is 1.11. The average molecular weight is 258 g/mol. The summed E-state index contributed by atoms with van der Waals surface area (Å²) in [5.41, 5.74) is 1.03. The van der Waals surface area contributed by atoms with Crippen molar-refractivity contribution < 1.29 is 27.5 Å². The monoisotopic (exact) mass is 257 g/mol. The van der Waals surface area contributed by atoms with Gasteiger partial charge in [0.1, 0.15) is 5.75 Å². The van der Waals surface area contributed by atoms with Gasteiger partial charge in [-0.2, -0.15) is 0 Å². The molecule has 1 aromatic rings. The molecule has 2 heteroatoms. The maximum atomic E-state index is 9.45. The first-order valence-corrected chi connectivity index (χ1v) is 3.80. The summed E-state index contributed by atoms with van der Waals surface area (Å²) in [4.78, 5) is 0. The molecular weight excluding hydrogens is 244 g/mol. The van der Waals surface area contributed by atoms with Crippen molar-refractivity contribution >= 4 is 0 Å². The number of para-hydroxylation sites is 1. The number of phenolic OH excluding ortho intramolecular Hbond substituents is 1. The molecule has 0 unspecified atom stereocenters. The third kappa shape index (κ3) is 2.67. The summed E-state index contributed by atoms with van der Waals surface area (Å²) in [5, 5.41) is 9.45. The normalized spacial score (nSPS) is 10.6. The van der Waals surface area contributed by atoms with E-state index in [2.05, 4.69) is 20.8 Å². The predicted molar refractivity (Wildman–Crippen MR) is 46.8 cm³/mol. The van der Waals surface area contributed by atoms with Gasteiger partial charge in [-0.15, -0.1) is 0 Å². The number of aromatic hydroxyl groups is 1. The van der Waals surface area contributed by atoms with Gasteiger partial charge in [-0.05, 0) is 17.0 Å². The van der Waals surface area contributed by atoms with E-state index in [0.717, 1.165) is 5.56 Å². The van der Waals surface area contributed by atoms with E-state index in [0.29, 0.717) is 5.75 Å². The first-order valence-electron chi connectivity index (χ1n) is 3.80. The Kier molecular flexibility index (Phi) is 4.04. The van der Waals surface area contributed by atoms with Crippen LogP contribution >= 0.6 is 0 Å². The summed E-state index contributed by atoms with van der Waals surface area (Å²) in [6.45, 7) is 6.26. The summed E-state index contributed by atoms with van der Waals surface area (Å²) >= 11 is 0. The Labute approximate surface area is 89.3 Å². The quantitative estimate of drug-likeness (QED) is 0.709. The minimum atomic E-state index is 0. The van der Waals surface area contributed by atoms with Crippen molar-refractivity contribution in [2.24, 2.45) is 0 Å². The van der Waals surface area contributed by atoms with Crippen LogP contribution in [0.4, 0.5) is 0 Å². The van der Waals surface area contributed by atoms with E-state index < -0.39 is 0 Å². The molecule has 1 nitrogen and oxygen atoms in total. The van der Waals surface area contributed by atoms with Crippen LogP contribution in [-0.2, 0) is 27.8 Å². The van der Waals surface area contributed by atoms with Crippen LogP contribution in [0.1, 0.15) is 26.3 Å². The van der Waals surface area contributed by atoms with E-state index in [1.807, 2.05) is 18.2 Å². The molecule has 0 saturated heterocycles. The Morgan fingerprint density at radius 1 is 1.08 bits per heavy atom. The van der Waals surface area contributed by atoms with Crippen LogP contribution in [0.3, 0.4) is 0 Å². The second-order valence-corrected chi connectivity index (χ2v) is 3.77. The molecule has 1 radical (unpaired) electrons. The molecule has 1 N–H and O–H groups in total. The van der Waals surface area contributed by atoms with Gasteiger partial charge >= 0.3 is 0 Å². The third-order valence-electron chi connectivity index (χ3n) is 1.71. The van der Waals surface area contributed by atoms with Crippen molar-refractivity contribution in [1.82, 2.24) is 0 Å². The Hall–Kier alpha value is -0.240. The first kappa shape index (κ1) is 11.8. The molecule has 0 fully saturated rings. The van der Waals surface area contributed by atoms with E-state index in [9.17, 15) is 5.11 Å². The first-order chi connectivity index (χ1) is 5.02. The summed E-state index contributed by atoms with van der Waals surface area (Å²) in [6.07, 6.45) is 0. The zero-order valence-corrected chi connectivity index (χ0v) is 9.04. The van der Waals surface area contributed by atoms with Crippen LogP contribution in [0.5, 0.6) is 5.75 Å². The van der Waals surface area contributed by atoms with E-state index in [1.165, 1.54) is 0 Å². The molecule has 0 amide bonds. The Bertz CT molecular complexity index is 250. The van der Waals surface area contributed by atoms with Crippen molar-refractivity contribution in [3.8, 4) is 5.75 Å². The number of benzene rings is 1. The molecule has 0 saturated carbocycles. The summed E-state index contributed by atoms with van der Waals surface area (Å²) in [5.74, 6) is 0.389. The minimum Gasteiger partial charge on any atom is -0.508 e. The fourth-order valence-electron chi connectivity index (χ4n) is 1.11. The molecule has 1 aromatic carbocycles. The summed E-state index contributed by atoms with van der Waals surface area (Å²) in [7, 11) is 0. The van der Waals surface area contributed by atoms with Gasteiger partial charge in [0.2, 0.25) is 0 Å². The van der Waals surface area contributed by atoms with Crippen molar-refractivity contribution in [2.75, 3.05) is 0 Å². The predicted octanol–water partition coefficient (Wildman–Crippen LogP) is 2.69. The van der Waals surface area contributed by atoms with Gasteiger partial charge in [0.05, 0.1) is 0 Å². The van der Waals surface area contributed by atoms with Gasteiger partial charge in [0.15, 0.2) is 0 Å². The molecule has 71 valence electrons. The van der Waals surface area contributed by atoms with Crippen molar-refractivity contribution in [3.63, 3.8) is 0 Å². The van der Waals surface area contributed by atoms with E-state index >= 15 is 0 Å². The van der Waals surface area contributed by atoms with Gasteiger partial charge in [0, 0.05) is 22.4 Å². The second kappa shape index (κ2) is 4.13. The van der Waals surface area contributed by atoms with Crippen LogP contribution in [0.2, 0.25) is 0 Å². The molecule has 0 aliphatic heterocycles. The zero-order valence-electron chi connectivity index (χ0n) is 7.56. The summed E-state index contributed by atoms with van der Waals surface area (Å²) < 4.78 is 0. The van der Waals surface area contributed by atoms with Crippen LogP contribution in [0.25, 0.3) is 0 Å². The fraction of sp³-hybridized carbons (Fsp3) is 0.400. The third-order valence-corrected chi connectivity index (χ3v) is 1.71. The van der Waals surface area contributed by atoms with Gasteiger partial charge < -0.3 is 5.11 Å². The number of rotatable bonds is 0. The Balaban J connectivity index is 0.00000121. The average Bonchev–Trinajstić information content (AvgIpc) is 1.86. The van der Waals surface area contributed by atoms with Crippen LogP contribution in [0.15, 0.2) is 24.3 Å². The number of hydrogen-bond acceptors (Lipinski definition) is 1. The molecule has 12 heavy (non-hydrogen) atoms. The van der Waals surface area contributed by atoms with E-state index in [4.69, 9.17) is 0 Å². The van der Waals surface area contributed by atoms with Crippen LogP contribution in [-0.4, -0.2) is 5.11 Å². The van der Waals surface area contributed by atoms with Crippen molar-refractivity contribution in [3.05, 3.63) is 29.8 Å². The molecule has 0 aromatic heterocycles. The molecule has 0 heterocycles. The topological polar surface area (TPSA) is 20.2 Å². The molecule has 0 spiro atoms. The molecule has 1 rings (SSSR count). The van der Waals surface area contributed by atoms with E-state index in [1.54, 1.807) is 6.07 Å². The molecule has 0 aliphatic rings. The van der Waals surface area contributed by atoms with Gasteiger partial charge in [-0.25, -0.2) is 0 Å².